The van der Waals surface area contributed by atoms with Crippen molar-refractivity contribution in [3.8, 4) is 0 Å². The number of amides is 2. The highest BCUT2D eigenvalue weighted by molar-refractivity contribution is 5.88. The Bertz CT molecular complexity index is 514. The SMILES string of the molecule is C[C@H](N)C(=O)N[C@H](CCC(=O)O)C(N)=O.NC12CC3CC(CC(C3)C1)C2. The van der Waals surface area contributed by atoms with E-state index in [1.165, 1.54) is 45.4 Å². The molecule has 0 unspecified atom stereocenters. The van der Waals surface area contributed by atoms with Crippen LogP contribution in [-0.4, -0.2) is 40.5 Å². The normalized spacial score (nSPS) is 33.6. The van der Waals surface area contributed by atoms with Crippen LogP contribution in [0.25, 0.3) is 0 Å². The summed E-state index contributed by atoms with van der Waals surface area (Å²) in [6, 6.07) is -1.75. The number of carboxylic acid groups (broad SMARTS) is 1. The fraction of sp³-hybridized carbons (Fsp3) is 0.833. The Balaban J connectivity index is 0.000000193. The van der Waals surface area contributed by atoms with Crippen LogP contribution in [0.3, 0.4) is 0 Å². The van der Waals surface area contributed by atoms with E-state index in [1.54, 1.807) is 0 Å². The molecule has 0 aromatic rings. The summed E-state index contributed by atoms with van der Waals surface area (Å²) in [5.74, 6) is 0.689. The molecule has 8 N–H and O–H groups in total. The second-order valence-corrected chi connectivity index (χ2v) is 8.46. The third-order valence-electron chi connectivity index (χ3n) is 5.81. The molecule has 8 heteroatoms. The first kappa shape index (κ1) is 20.6. The highest BCUT2D eigenvalue weighted by Crippen LogP contribution is 2.54. The molecule has 4 bridgehead atoms. The van der Waals surface area contributed by atoms with Crippen molar-refractivity contribution in [2.75, 3.05) is 0 Å². The molecule has 4 aliphatic rings. The zero-order valence-electron chi connectivity index (χ0n) is 15.4. The van der Waals surface area contributed by atoms with Crippen molar-refractivity contribution in [1.82, 2.24) is 5.32 Å². The average molecular weight is 368 g/mol. The van der Waals surface area contributed by atoms with Gasteiger partial charge in [-0.2, -0.15) is 0 Å². The largest absolute Gasteiger partial charge is 0.481 e. The molecule has 0 saturated heterocycles. The number of carboxylic acids is 1. The average Bonchev–Trinajstić information content (AvgIpc) is 2.48. The van der Waals surface area contributed by atoms with E-state index < -0.39 is 29.9 Å². The monoisotopic (exact) mass is 368 g/mol. The van der Waals surface area contributed by atoms with Crippen LogP contribution >= 0.6 is 0 Å². The predicted octanol–water partition coefficient (Wildman–Crippen LogP) is 0.0824. The molecule has 2 amide bonds. The Morgan fingerprint density at radius 2 is 1.58 bits per heavy atom. The van der Waals surface area contributed by atoms with E-state index in [2.05, 4.69) is 5.32 Å². The van der Waals surface area contributed by atoms with Crippen molar-refractivity contribution >= 4 is 17.8 Å². The number of hydrogen-bond acceptors (Lipinski definition) is 5. The van der Waals surface area contributed by atoms with Crippen LogP contribution in [0.15, 0.2) is 0 Å². The fourth-order valence-corrected chi connectivity index (χ4v) is 5.03. The molecule has 26 heavy (non-hydrogen) atoms. The molecule has 4 rings (SSSR count). The quantitative estimate of drug-likeness (QED) is 0.446. The summed E-state index contributed by atoms with van der Waals surface area (Å²) in [5, 5.41) is 10.7. The molecular formula is C18H32N4O4. The number of carbonyl (C=O) groups is 3. The summed E-state index contributed by atoms with van der Waals surface area (Å²) < 4.78 is 0. The van der Waals surface area contributed by atoms with Gasteiger partial charge in [0.2, 0.25) is 11.8 Å². The lowest BCUT2D eigenvalue weighted by molar-refractivity contribution is -0.137. The number of carbonyl (C=O) groups excluding carboxylic acids is 2. The van der Waals surface area contributed by atoms with E-state index in [0.717, 1.165) is 17.8 Å². The third kappa shape index (κ3) is 5.67. The number of primary amides is 1. The van der Waals surface area contributed by atoms with E-state index >= 15 is 0 Å². The predicted molar refractivity (Wildman–Crippen MR) is 96.7 cm³/mol. The number of rotatable bonds is 6. The van der Waals surface area contributed by atoms with Gasteiger partial charge in [-0.05, 0) is 69.6 Å². The first-order valence-electron chi connectivity index (χ1n) is 9.44. The van der Waals surface area contributed by atoms with E-state index in [1.807, 2.05) is 0 Å². The van der Waals surface area contributed by atoms with Gasteiger partial charge in [-0.3, -0.25) is 14.4 Å². The smallest absolute Gasteiger partial charge is 0.303 e. The number of nitrogens with one attached hydrogen (secondary N) is 1. The summed E-state index contributed by atoms with van der Waals surface area (Å²) in [7, 11) is 0. The van der Waals surface area contributed by atoms with Crippen molar-refractivity contribution in [3.63, 3.8) is 0 Å². The van der Waals surface area contributed by atoms with Gasteiger partial charge in [-0.15, -0.1) is 0 Å². The van der Waals surface area contributed by atoms with E-state index in [9.17, 15) is 14.4 Å². The Hall–Kier alpha value is -1.67. The maximum Gasteiger partial charge on any atom is 0.303 e. The van der Waals surface area contributed by atoms with Gasteiger partial charge in [-0.1, -0.05) is 0 Å². The minimum absolute atomic E-state index is 0.0386. The lowest BCUT2D eigenvalue weighted by Gasteiger charge is -2.55. The molecule has 8 nitrogen and oxygen atoms in total. The lowest BCUT2D eigenvalue weighted by atomic mass is 9.53. The van der Waals surface area contributed by atoms with E-state index in [-0.39, 0.29) is 12.8 Å². The van der Waals surface area contributed by atoms with Crippen molar-refractivity contribution in [2.24, 2.45) is 35.0 Å². The summed E-state index contributed by atoms with van der Waals surface area (Å²) in [6.45, 7) is 1.45. The lowest BCUT2D eigenvalue weighted by Crippen LogP contribution is -2.55. The fourth-order valence-electron chi connectivity index (χ4n) is 5.03. The van der Waals surface area contributed by atoms with Crippen LogP contribution < -0.4 is 22.5 Å². The molecule has 2 atom stereocenters. The van der Waals surface area contributed by atoms with Crippen LogP contribution in [0.4, 0.5) is 0 Å². The van der Waals surface area contributed by atoms with Crippen LogP contribution in [0.2, 0.25) is 0 Å². The van der Waals surface area contributed by atoms with Gasteiger partial charge < -0.3 is 27.6 Å². The van der Waals surface area contributed by atoms with Crippen LogP contribution in [0, 0.1) is 17.8 Å². The standard InChI is InChI=1S/C10H17N.C8H15N3O4/c11-10-4-7-1-8(5-10)3-9(2-7)6-10;1-4(9)8(15)11-5(7(10)14)2-3-6(12)13/h7-9H,1-6,11H2;4-5H,2-3,9H2,1H3,(H2,10,14)(H,11,15)(H,12,13)/t;4-,5+/m.0/s1. The second kappa shape index (κ2) is 8.35. The van der Waals surface area contributed by atoms with E-state index in [0.29, 0.717) is 5.54 Å². The van der Waals surface area contributed by atoms with Crippen molar-refractivity contribution in [3.05, 3.63) is 0 Å². The number of aliphatic carboxylic acids is 1. The van der Waals surface area contributed by atoms with Gasteiger partial charge >= 0.3 is 5.97 Å². The molecule has 4 fully saturated rings. The maximum atomic E-state index is 11.1. The van der Waals surface area contributed by atoms with Crippen molar-refractivity contribution in [2.45, 2.75) is 75.9 Å². The highest BCUT2D eigenvalue weighted by Gasteiger charge is 2.48. The van der Waals surface area contributed by atoms with Gasteiger partial charge in [0.25, 0.3) is 0 Å². The molecular weight excluding hydrogens is 336 g/mol. The molecule has 0 heterocycles. The van der Waals surface area contributed by atoms with Gasteiger partial charge in [0, 0.05) is 12.0 Å². The third-order valence-corrected chi connectivity index (χ3v) is 5.81. The number of nitrogens with two attached hydrogens (primary N) is 3. The number of hydrogen-bond donors (Lipinski definition) is 5. The Kier molecular flexibility index (Phi) is 6.63. The molecule has 0 aromatic carbocycles. The summed E-state index contributed by atoms with van der Waals surface area (Å²) in [5.41, 5.74) is 16.9. The Morgan fingerprint density at radius 3 is 1.88 bits per heavy atom. The molecule has 4 aliphatic carbocycles. The molecule has 0 spiro atoms. The van der Waals surface area contributed by atoms with E-state index in [4.69, 9.17) is 22.3 Å². The van der Waals surface area contributed by atoms with Crippen molar-refractivity contribution in [1.29, 1.82) is 0 Å². The van der Waals surface area contributed by atoms with Gasteiger partial charge in [0.05, 0.1) is 6.04 Å². The van der Waals surface area contributed by atoms with Crippen molar-refractivity contribution < 1.29 is 19.5 Å². The first-order chi connectivity index (χ1) is 12.1. The zero-order valence-corrected chi connectivity index (χ0v) is 15.4. The van der Waals surface area contributed by atoms with Crippen LogP contribution in [0.5, 0.6) is 0 Å². The maximum absolute atomic E-state index is 11.1. The minimum Gasteiger partial charge on any atom is -0.481 e. The Labute approximate surface area is 154 Å². The second-order valence-electron chi connectivity index (χ2n) is 8.46. The highest BCUT2D eigenvalue weighted by atomic mass is 16.4. The molecule has 0 aromatic heterocycles. The molecule has 148 valence electrons. The molecule has 0 aliphatic heterocycles. The van der Waals surface area contributed by atoms with Crippen LogP contribution in [-0.2, 0) is 14.4 Å². The van der Waals surface area contributed by atoms with Gasteiger partial charge in [0.15, 0.2) is 0 Å². The Morgan fingerprint density at radius 1 is 1.12 bits per heavy atom. The molecule has 0 radical (unpaired) electrons. The molecule has 4 saturated carbocycles. The van der Waals surface area contributed by atoms with Crippen LogP contribution in [0.1, 0.15) is 58.3 Å². The summed E-state index contributed by atoms with van der Waals surface area (Å²) in [6.07, 6.45) is 8.29. The first-order valence-corrected chi connectivity index (χ1v) is 9.44. The zero-order chi connectivity index (χ0) is 19.5. The summed E-state index contributed by atoms with van der Waals surface area (Å²) in [4.78, 5) is 32.2. The minimum atomic E-state index is -1.06. The summed E-state index contributed by atoms with van der Waals surface area (Å²) >= 11 is 0. The van der Waals surface area contributed by atoms with Gasteiger partial charge in [0.1, 0.15) is 6.04 Å². The van der Waals surface area contributed by atoms with Gasteiger partial charge in [-0.25, -0.2) is 0 Å². The topological polar surface area (TPSA) is 162 Å².